The van der Waals surface area contributed by atoms with E-state index in [2.05, 4.69) is 4.72 Å². The van der Waals surface area contributed by atoms with Gasteiger partial charge in [-0.1, -0.05) is 0 Å². The summed E-state index contributed by atoms with van der Waals surface area (Å²) in [6.45, 7) is 0.951. The van der Waals surface area contributed by atoms with E-state index in [1.54, 1.807) is 0 Å². The van der Waals surface area contributed by atoms with Crippen LogP contribution in [-0.2, 0) is 34.4 Å². The Morgan fingerprint density at radius 2 is 1.47 bits per heavy atom. The van der Waals surface area contributed by atoms with E-state index in [0.717, 1.165) is 4.90 Å². The summed E-state index contributed by atoms with van der Waals surface area (Å²) in [5, 5.41) is 0. The molecule has 2 amide bonds. The summed E-state index contributed by atoms with van der Waals surface area (Å²) >= 11 is 0. The van der Waals surface area contributed by atoms with E-state index in [1.165, 1.54) is 53.9 Å². The largest absolute Gasteiger partial charge is 0.495 e. The van der Waals surface area contributed by atoms with Crippen molar-refractivity contribution >= 4 is 43.2 Å². The molecule has 0 spiro atoms. The summed E-state index contributed by atoms with van der Waals surface area (Å²) in [5.41, 5.74) is 0.230. The fraction of sp³-hybridized carbons (Fsp3) is 0.333. The maximum atomic E-state index is 13.0. The second-order valence-electron chi connectivity index (χ2n) is 7.60. The number of benzene rings is 2. The van der Waals surface area contributed by atoms with Gasteiger partial charge in [-0.25, -0.2) is 16.8 Å². The quantitative estimate of drug-likeness (QED) is 0.549. The number of sulfonamides is 2. The van der Waals surface area contributed by atoms with Crippen LogP contribution in [0.2, 0.25) is 0 Å². The molecule has 182 valence electrons. The van der Waals surface area contributed by atoms with Gasteiger partial charge in [0.05, 0.1) is 41.5 Å². The second kappa shape index (κ2) is 9.33. The number of imide groups is 1. The molecule has 2 aliphatic heterocycles. The van der Waals surface area contributed by atoms with Gasteiger partial charge in [-0.15, -0.1) is 0 Å². The number of nitrogens with one attached hydrogen (secondary N) is 1. The highest BCUT2D eigenvalue weighted by atomic mass is 32.2. The molecule has 2 aromatic carbocycles. The molecule has 13 heteroatoms. The molecule has 4 rings (SSSR count). The van der Waals surface area contributed by atoms with Crippen molar-refractivity contribution in [1.82, 2.24) is 4.31 Å². The predicted molar refractivity (Wildman–Crippen MR) is 122 cm³/mol. The van der Waals surface area contributed by atoms with Crippen LogP contribution in [0.5, 0.6) is 5.75 Å². The number of hydrogen-bond donors (Lipinski definition) is 1. The zero-order chi connectivity index (χ0) is 24.5. The van der Waals surface area contributed by atoms with E-state index in [0.29, 0.717) is 0 Å². The first-order valence-corrected chi connectivity index (χ1v) is 13.3. The Hall–Kier alpha value is -3.00. The van der Waals surface area contributed by atoms with Gasteiger partial charge in [-0.05, 0) is 42.5 Å². The first-order chi connectivity index (χ1) is 16.1. The van der Waals surface area contributed by atoms with Gasteiger partial charge in [0.25, 0.3) is 10.0 Å². The summed E-state index contributed by atoms with van der Waals surface area (Å²) in [6, 6.07) is 9.18. The number of hydrogen-bond acceptors (Lipinski definition) is 8. The Labute approximate surface area is 197 Å². The minimum absolute atomic E-state index is 0.0502. The Morgan fingerprint density at radius 1 is 0.882 bits per heavy atom. The number of amides is 2. The molecule has 2 saturated heterocycles. The fourth-order valence-corrected chi connectivity index (χ4v) is 6.20. The van der Waals surface area contributed by atoms with Gasteiger partial charge < -0.3 is 9.47 Å². The third-order valence-electron chi connectivity index (χ3n) is 5.48. The lowest BCUT2D eigenvalue weighted by Crippen LogP contribution is -2.40. The minimum Gasteiger partial charge on any atom is -0.495 e. The smallest absolute Gasteiger partial charge is 0.262 e. The van der Waals surface area contributed by atoms with Crippen molar-refractivity contribution in [2.75, 3.05) is 43.0 Å². The monoisotopic (exact) mass is 509 g/mol. The minimum atomic E-state index is -4.15. The fourth-order valence-electron chi connectivity index (χ4n) is 3.71. The maximum Gasteiger partial charge on any atom is 0.262 e. The van der Waals surface area contributed by atoms with Crippen molar-refractivity contribution in [3.05, 3.63) is 42.5 Å². The standard InChI is InChI=1S/C21H23N3O8S2/c1-31-19-7-6-17(34(29,30)23-10-12-32-13-11-23)14-18(19)22-33(27,28)16-4-2-15(3-5-16)24-20(25)8-9-21(24)26/h2-7,14,22H,8-13H2,1H3. The van der Waals surface area contributed by atoms with Crippen molar-refractivity contribution in [1.29, 1.82) is 0 Å². The van der Waals surface area contributed by atoms with Gasteiger partial charge in [0.15, 0.2) is 0 Å². The Bertz CT molecular complexity index is 1300. The second-order valence-corrected chi connectivity index (χ2v) is 11.2. The Morgan fingerprint density at radius 3 is 2.06 bits per heavy atom. The number of methoxy groups -OCH3 is 1. The van der Waals surface area contributed by atoms with Crippen LogP contribution in [0.4, 0.5) is 11.4 Å². The molecule has 0 aliphatic carbocycles. The summed E-state index contributed by atoms with van der Waals surface area (Å²) < 4.78 is 66.0. The Balaban J connectivity index is 1.61. The topological polar surface area (TPSA) is 139 Å². The third kappa shape index (κ3) is 4.64. The average molecular weight is 510 g/mol. The molecule has 0 radical (unpaired) electrons. The SMILES string of the molecule is COc1ccc(S(=O)(=O)N2CCOCC2)cc1NS(=O)(=O)c1ccc(N2C(=O)CCC2=O)cc1. The van der Waals surface area contributed by atoms with E-state index in [4.69, 9.17) is 9.47 Å². The summed E-state index contributed by atoms with van der Waals surface area (Å²) in [5.74, 6) is -0.557. The van der Waals surface area contributed by atoms with Crippen LogP contribution in [-0.4, -0.2) is 66.4 Å². The molecule has 34 heavy (non-hydrogen) atoms. The van der Waals surface area contributed by atoms with Gasteiger partial charge in [0, 0.05) is 25.9 Å². The highest BCUT2D eigenvalue weighted by Gasteiger charge is 2.31. The molecule has 11 nitrogen and oxygen atoms in total. The van der Waals surface area contributed by atoms with Gasteiger partial charge in [0.2, 0.25) is 21.8 Å². The maximum absolute atomic E-state index is 13.0. The molecule has 0 unspecified atom stereocenters. The molecular weight excluding hydrogens is 486 g/mol. The first kappa shape index (κ1) is 24.1. The van der Waals surface area contributed by atoms with Gasteiger partial charge in [0.1, 0.15) is 5.75 Å². The van der Waals surface area contributed by atoms with Crippen molar-refractivity contribution in [3.63, 3.8) is 0 Å². The van der Waals surface area contributed by atoms with Crippen LogP contribution in [0.3, 0.4) is 0 Å². The van der Waals surface area contributed by atoms with Crippen molar-refractivity contribution in [2.45, 2.75) is 22.6 Å². The van der Waals surface area contributed by atoms with Crippen LogP contribution in [0.1, 0.15) is 12.8 Å². The first-order valence-electron chi connectivity index (χ1n) is 10.4. The lowest BCUT2D eigenvalue weighted by molar-refractivity contribution is -0.121. The zero-order valence-corrected chi connectivity index (χ0v) is 19.9. The summed E-state index contributed by atoms with van der Waals surface area (Å²) in [7, 11) is -6.67. The van der Waals surface area contributed by atoms with Crippen molar-refractivity contribution < 1.29 is 35.9 Å². The third-order valence-corrected chi connectivity index (χ3v) is 8.76. The van der Waals surface area contributed by atoms with E-state index in [-0.39, 0.29) is 77.9 Å². The van der Waals surface area contributed by atoms with Gasteiger partial charge >= 0.3 is 0 Å². The van der Waals surface area contributed by atoms with Crippen LogP contribution >= 0.6 is 0 Å². The van der Waals surface area contributed by atoms with Gasteiger partial charge in [-0.3, -0.25) is 19.2 Å². The predicted octanol–water partition coefficient (Wildman–Crippen LogP) is 1.17. The van der Waals surface area contributed by atoms with Gasteiger partial charge in [-0.2, -0.15) is 4.31 Å². The van der Waals surface area contributed by atoms with Crippen molar-refractivity contribution in [3.8, 4) is 5.75 Å². The van der Waals surface area contributed by atoms with Crippen LogP contribution in [0.15, 0.2) is 52.3 Å². The lowest BCUT2D eigenvalue weighted by atomic mass is 10.3. The molecule has 2 aromatic rings. The molecule has 0 saturated carbocycles. The lowest BCUT2D eigenvalue weighted by Gasteiger charge is -2.26. The van der Waals surface area contributed by atoms with Crippen LogP contribution in [0, 0.1) is 0 Å². The number of ether oxygens (including phenoxy) is 2. The van der Waals surface area contributed by atoms with E-state index in [1.807, 2.05) is 0 Å². The number of carbonyl (C=O) groups is 2. The zero-order valence-electron chi connectivity index (χ0n) is 18.3. The number of carbonyl (C=O) groups excluding carboxylic acids is 2. The highest BCUT2D eigenvalue weighted by molar-refractivity contribution is 7.92. The number of morpholine rings is 1. The molecule has 0 bridgehead atoms. The highest BCUT2D eigenvalue weighted by Crippen LogP contribution is 2.32. The summed E-state index contributed by atoms with van der Waals surface area (Å²) in [6.07, 6.45) is 0.230. The molecule has 2 fully saturated rings. The molecular formula is C21H23N3O8S2. The van der Waals surface area contributed by atoms with E-state index in [9.17, 15) is 26.4 Å². The van der Waals surface area contributed by atoms with E-state index < -0.39 is 20.0 Å². The molecule has 0 aromatic heterocycles. The Kier molecular flexibility index (Phi) is 6.62. The van der Waals surface area contributed by atoms with Crippen LogP contribution < -0.4 is 14.4 Å². The van der Waals surface area contributed by atoms with Crippen LogP contribution in [0.25, 0.3) is 0 Å². The average Bonchev–Trinajstić information content (AvgIpc) is 3.17. The molecule has 1 N–H and O–H groups in total. The van der Waals surface area contributed by atoms with Crippen molar-refractivity contribution in [2.24, 2.45) is 0 Å². The number of nitrogens with zero attached hydrogens (tertiary/aromatic N) is 2. The van der Waals surface area contributed by atoms with E-state index >= 15 is 0 Å². The molecule has 2 heterocycles. The normalized spacial score (nSPS) is 17.7. The number of anilines is 2. The molecule has 2 aliphatic rings. The summed E-state index contributed by atoms with van der Waals surface area (Å²) in [4.78, 5) is 24.6. The number of rotatable bonds is 7. The molecule has 0 atom stereocenters.